The molecule has 0 bridgehead atoms. The molecular formula is C26H28ClN5O3. The van der Waals surface area contributed by atoms with Gasteiger partial charge in [-0.1, -0.05) is 23.7 Å². The Morgan fingerprint density at radius 1 is 1.17 bits per heavy atom. The van der Waals surface area contributed by atoms with Gasteiger partial charge in [0.25, 0.3) is 5.91 Å². The predicted octanol–water partition coefficient (Wildman–Crippen LogP) is 4.73. The van der Waals surface area contributed by atoms with Gasteiger partial charge >= 0.3 is 0 Å². The van der Waals surface area contributed by atoms with Crippen LogP contribution in [0.5, 0.6) is 0 Å². The van der Waals surface area contributed by atoms with E-state index in [4.69, 9.17) is 25.7 Å². The Hall–Kier alpha value is -3.20. The first kappa shape index (κ1) is 23.5. The number of morpholine rings is 1. The molecule has 5 rings (SSSR count). The fourth-order valence-corrected chi connectivity index (χ4v) is 4.58. The minimum atomic E-state index is -0.180. The summed E-state index contributed by atoms with van der Waals surface area (Å²) in [6.45, 7) is 7.45. The summed E-state index contributed by atoms with van der Waals surface area (Å²) < 4.78 is 12.9. The fraction of sp³-hybridized carbons (Fsp3) is 0.346. The average Bonchev–Trinajstić information content (AvgIpc) is 3.55. The highest BCUT2D eigenvalue weighted by Gasteiger charge is 2.25. The zero-order valence-corrected chi connectivity index (χ0v) is 20.5. The maximum absolute atomic E-state index is 13.6. The van der Waals surface area contributed by atoms with Crippen molar-refractivity contribution in [2.75, 3.05) is 32.8 Å². The normalized spacial score (nSPS) is 15.5. The lowest BCUT2D eigenvalue weighted by Gasteiger charge is -2.35. The first-order chi connectivity index (χ1) is 17.0. The molecule has 1 atom stereocenters. The van der Waals surface area contributed by atoms with Crippen LogP contribution in [-0.2, 0) is 4.74 Å². The first-order valence-corrected chi connectivity index (χ1v) is 12.2. The van der Waals surface area contributed by atoms with E-state index in [0.29, 0.717) is 52.8 Å². The third-order valence-electron chi connectivity index (χ3n) is 6.27. The minimum absolute atomic E-state index is 0.000348. The van der Waals surface area contributed by atoms with Crippen molar-refractivity contribution in [3.05, 3.63) is 71.1 Å². The number of amides is 1. The lowest BCUT2D eigenvalue weighted by Crippen LogP contribution is -2.43. The van der Waals surface area contributed by atoms with Crippen molar-refractivity contribution in [1.29, 1.82) is 0 Å². The van der Waals surface area contributed by atoms with Gasteiger partial charge in [-0.05, 0) is 49.7 Å². The minimum Gasteiger partial charge on any atom is -0.463 e. The van der Waals surface area contributed by atoms with E-state index >= 15 is 0 Å². The number of ether oxygens (including phenoxy) is 1. The van der Waals surface area contributed by atoms with Gasteiger partial charge in [0.15, 0.2) is 11.4 Å². The summed E-state index contributed by atoms with van der Waals surface area (Å²) in [4.78, 5) is 20.7. The third-order valence-corrected chi connectivity index (χ3v) is 6.52. The Kier molecular flexibility index (Phi) is 6.86. The van der Waals surface area contributed by atoms with Crippen LogP contribution in [0.2, 0.25) is 5.02 Å². The number of hydrogen-bond donors (Lipinski definition) is 1. The number of hydrogen-bond acceptors (Lipinski definition) is 6. The number of rotatable bonds is 7. The number of fused-ring (bicyclic) bond motifs is 1. The molecule has 182 valence electrons. The molecule has 1 aliphatic heterocycles. The van der Waals surface area contributed by atoms with E-state index in [2.05, 4.69) is 15.3 Å². The fourth-order valence-electron chi connectivity index (χ4n) is 4.45. The number of carbonyl (C=O) groups is 1. The number of benzene rings is 1. The SMILES string of the molecule is CC(C)n1ncc2c(C(=O)NCC(c3ccc(Cl)cc3)N3CCOCC3)cc(-c3ccco3)nc21. The molecule has 0 saturated carbocycles. The number of furan rings is 1. The molecule has 3 aromatic heterocycles. The Morgan fingerprint density at radius 2 is 1.94 bits per heavy atom. The quantitative estimate of drug-likeness (QED) is 0.400. The van der Waals surface area contributed by atoms with Gasteiger partial charge in [0.2, 0.25) is 0 Å². The summed E-state index contributed by atoms with van der Waals surface area (Å²) in [6, 6.07) is 13.3. The zero-order chi connectivity index (χ0) is 24.4. The molecule has 0 aliphatic carbocycles. The van der Waals surface area contributed by atoms with Crippen LogP contribution in [0.4, 0.5) is 0 Å². The van der Waals surface area contributed by atoms with Gasteiger partial charge in [0.1, 0.15) is 5.69 Å². The molecule has 1 unspecified atom stereocenters. The molecule has 0 spiro atoms. The number of carbonyl (C=O) groups excluding carboxylic acids is 1. The summed E-state index contributed by atoms with van der Waals surface area (Å²) in [5.41, 5.74) is 2.87. The van der Waals surface area contributed by atoms with Crippen LogP contribution in [0.25, 0.3) is 22.5 Å². The smallest absolute Gasteiger partial charge is 0.252 e. The molecule has 0 radical (unpaired) electrons. The highest BCUT2D eigenvalue weighted by molar-refractivity contribution is 6.30. The summed E-state index contributed by atoms with van der Waals surface area (Å²) in [5, 5.41) is 9.05. The van der Waals surface area contributed by atoms with Gasteiger partial charge < -0.3 is 14.5 Å². The van der Waals surface area contributed by atoms with E-state index < -0.39 is 0 Å². The number of nitrogens with zero attached hydrogens (tertiary/aromatic N) is 4. The van der Waals surface area contributed by atoms with Crippen molar-refractivity contribution in [2.45, 2.75) is 25.9 Å². The molecule has 4 heterocycles. The van der Waals surface area contributed by atoms with E-state index in [1.54, 1.807) is 24.6 Å². The van der Waals surface area contributed by atoms with E-state index in [-0.39, 0.29) is 18.0 Å². The molecule has 4 aromatic rings. The standard InChI is InChI=1S/C26H28ClN5O3/c1-17(2)32-25-21(15-29-32)20(14-22(30-25)24-4-3-11-35-24)26(33)28-16-23(31-9-12-34-13-10-31)18-5-7-19(27)8-6-18/h3-8,11,14-15,17,23H,9-10,12-13,16H2,1-2H3,(H,28,33). The maximum atomic E-state index is 13.6. The summed E-state index contributed by atoms with van der Waals surface area (Å²) in [7, 11) is 0. The number of nitrogens with one attached hydrogen (secondary N) is 1. The second kappa shape index (κ2) is 10.2. The van der Waals surface area contributed by atoms with Crippen LogP contribution in [0.3, 0.4) is 0 Å². The van der Waals surface area contributed by atoms with Crippen LogP contribution >= 0.6 is 11.6 Å². The van der Waals surface area contributed by atoms with Crippen LogP contribution in [0, 0.1) is 0 Å². The van der Waals surface area contributed by atoms with E-state index in [0.717, 1.165) is 18.7 Å². The zero-order valence-electron chi connectivity index (χ0n) is 19.8. The molecule has 9 heteroatoms. The van der Waals surface area contributed by atoms with Crippen molar-refractivity contribution in [3.8, 4) is 11.5 Å². The monoisotopic (exact) mass is 493 g/mol. The van der Waals surface area contributed by atoms with Crippen molar-refractivity contribution in [1.82, 2.24) is 25.0 Å². The number of halogens is 1. The van der Waals surface area contributed by atoms with E-state index in [1.807, 2.05) is 48.9 Å². The van der Waals surface area contributed by atoms with Gasteiger partial charge in [-0.2, -0.15) is 5.10 Å². The van der Waals surface area contributed by atoms with Gasteiger partial charge in [-0.3, -0.25) is 9.69 Å². The van der Waals surface area contributed by atoms with Crippen molar-refractivity contribution in [2.24, 2.45) is 0 Å². The van der Waals surface area contributed by atoms with Crippen LogP contribution < -0.4 is 5.32 Å². The van der Waals surface area contributed by atoms with Gasteiger partial charge in [0, 0.05) is 30.7 Å². The number of pyridine rings is 1. The molecule has 1 aromatic carbocycles. The van der Waals surface area contributed by atoms with Crippen molar-refractivity contribution in [3.63, 3.8) is 0 Å². The van der Waals surface area contributed by atoms with Crippen LogP contribution in [0.1, 0.15) is 41.9 Å². The van der Waals surface area contributed by atoms with Crippen molar-refractivity contribution < 1.29 is 13.9 Å². The van der Waals surface area contributed by atoms with Gasteiger partial charge in [-0.15, -0.1) is 0 Å². The van der Waals surface area contributed by atoms with Crippen LogP contribution in [0.15, 0.2) is 59.3 Å². The number of aromatic nitrogens is 3. The lowest BCUT2D eigenvalue weighted by atomic mass is 10.0. The van der Waals surface area contributed by atoms with Gasteiger partial charge in [-0.25, -0.2) is 9.67 Å². The predicted molar refractivity (Wildman–Crippen MR) is 135 cm³/mol. The Morgan fingerprint density at radius 3 is 2.63 bits per heavy atom. The average molecular weight is 494 g/mol. The van der Waals surface area contributed by atoms with E-state index in [9.17, 15) is 4.79 Å². The second-order valence-corrected chi connectivity index (χ2v) is 9.31. The molecule has 1 amide bonds. The molecule has 1 saturated heterocycles. The highest BCUT2D eigenvalue weighted by atomic mass is 35.5. The molecule has 35 heavy (non-hydrogen) atoms. The van der Waals surface area contributed by atoms with E-state index in [1.165, 1.54) is 0 Å². The highest BCUT2D eigenvalue weighted by Crippen LogP contribution is 2.27. The Balaban J connectivity index is 1.46. The molecule has 8 nitrogen and oxygen atoms in total. The second-order valence-electron chi connectivity index (χ2n) is 8.88. The Labute approximate surface area is 208 Å². The molecule has 1 fully saturated rings. The topological polar surface area (TPSA) is 85.4 Å². The van der Waals surface area contributed by atoms with Crippen molar-refractivity contribution >= 4 is 28.5 Å². The first-order valence-electron chi connectivity index (χ1n) is 11.8. The molecule has 1 N–H and O–H groups in total. The largest absolute Gasteiger partial charge is 0.463 e. The summed E-state index contributed by atoms with van der Waals surface area (Å²) in [5.74, 6) is 0.422. The maximum Gasteiger partial charge on any atom is 0.252 e. The van der Waals surface area contributed by atoms with Crippen LogP contribution in [-0.4, -0.2) is 58.4 Å². The Bertz CT molecular complexity index is 1290. The summed E-state index contributed by atoms with van der Waals surface area (Å²) >= 11 is 6.12. The lowest BCUT2D eigenvalue weighted by molar-refractivity contribution is 0.0162. The molecular weight excluding hydrogens is 466 g/mol. The molecule has 1 aliphatic rings. The van der Waals surface area contributed by atoms with Gasteiger partial charge in [0.05, 0.1) is 42.7 Å². The third kappa shape index (κ3) is 4.96. The summed E-state index contributed by atoms with van der Waals surface area (Å²) in [6.07, 6.45) is 3.31.